The van der Waals surface area contributed by atoms with E-state index < -0.39 is 0 Å². The Kier molecular flexibility index (Phi) is 11.0. The molecule has 122 valence electrons. The number of nitrogens with zero attached hydrogens (tertiary/aromatic N) is 2. The van der Waals surface area contributed by atoms with Gasteiger partial charge in [-0.05, 0) is 19.8 Å². The average Bonchev–Trinajstić information content (AvgIpc) is 2.98. The third-order valence-corrected chi connectivity index (χ3v) is 3.02. The third kappa shape index (κ3) is 8.08. The molecule has 1 fully saturated rings. The zero-order chi connectivity index (χ0) is 14.8. The maximum absolute atomic E-state index is 11.9. The van der Waals surface area contributed by atoms with Crippen molar-refractivity contribution in [1.82, 2.24) is 15.5 Å². The summed E-state index contributed by atoms with van der Waals surface area (Å²) in [6.45, 7) is 4.87. The monoisotopic (exact) mass is 412 g/mol. The Balaban J connectivity index is 0.00000400. The molecule has 0 spiro atoms. The number of rotatable bonds is 6. The van der Waals surface area contributed by atoms with Crippen LogP contribution in [0.3, 0.4) is 0 Å². The normalized spacial score (nSPS) is 14.4. The molecule has 2 N–H and O–H groups in total. The summed E-state index contributed by atoms with van der Waals surface area (Å²) >= 11 is 0. The summed E-state index contributed by atoms with van der Waals surface area (Å²) in [4.78, 5) is 28.9. The van der Waals surface area contributed by atoms with Gasteiger partial charge in [-0.1, -0.05) is 0 Å². The van der Waals surface area contributed by atoms with Crippen molar-refractivity contribution in [3.05, 3.63) is 0 Å². The first-order valence-electron chi connectivity index (χ1n) is 7.04. The summed E-state index contributed by atoms with van der Waals surface area (Å²) in [6, 6.07) is 0. The van der Waals surface area contributed by atoms with Crippen LogP contribution in [0.25, 0.3) is 0 Å². The van der Waals surface area contributed by atoms with E-state index in [4.69, 9.17) is 0 Å². The topological polar surface area (TPSA) is 83.0 Å². The van der Waals surface area contributed by atoms with Gasteiger partial charge in [-0.3, -0.25) is 9.59 Å². The molecule has 0 radical (unpaired) electrons. The molecular formula is C13H25IN4O3. The fourth-order valence-electron chi connectivity index (χ4n) is 1.94. The Morgan fingerprint density at radius 3 is 2.48 bits per heavy atom. The van der Waals surface area contributed by atoms with Crippen molar-refractivity contribution in [2.45, 2.75) is 26.2 Å². The van der Waals surface area contributed by atoms with E-state index in [0.717, 1.165) is 25.9 Å². The van der Waals surface area contributed by atoms with Gasteiger partial charge in [0.15, 0.2) is 5.96 Å². The fraction of sp³-hybridized carbons (Fsp3) is 0.769. The second kappa shape index (κ2) is 11.6. The highest BCUT2D eigenvalue weighted by Gasteiger charge is 2.17. The molecule has 1 rings (SSSR count). The summed E-state index contributed by atoms with van der Waals surface area (Å²) in [5.74, 6) is 0.318. The number of carbonyl (C=O) groups is 2. The van der Waals surface area contributed by atoms with Crippen molar-refractivity contribution in [2.24, 2.45) is 4.99 Å². The lowest BCUT2D eigenvalue weighted by molar-refractivity contribution is -0.140. The maximum Gasteiger partial charge on any atom is 0.307 e. The highest BCUT2D eigenvalue weighted by molar-refractivity contribution is 14.0. The van der Waals surface area contributed by atoms with Crippen molar-refractivity contribution in [1.29, 1.82) is 0 Å². The van der Waals surface area contributed by atoms with E-state index in [1.54, 1.807) is 0 Å². The number of methoxy groups -OCH3 is 1. The van der Waals surface area contributed by atoms with Crippen LogP contribution >= 0.6 is 24.0 Å². The second-order valence-electron chi connectivity index (χ2n) is 4.54. The van der Waals surface area contributed by atoms with Gasteiger partial charge in [-0.2, -0.15) is 0 Å². The van der Waals surface area contributed by atoms with Crippen LogP contribution in [0.2, 0.25) is 0 Å². The lowest BCUT2D eigenvalue weighted by Crippen LogP contribution is -2.39. The van der Waals surface area contributed by atoms with Gasteiger partial charge in [-0.25, -0.2) is 4.99 Å². The number of ether oxygens (including phenoxy) is 1. The minimum absolute atomic E-state index is 0. The van der Waals surface area contributed by atoms with Crippen molar-refractivity contribution < 1.29 is 14.3 Å². The molecule has 1 heterocycles. The summed E-state index contributed by atoms with van der Waals surface area (Å²) < 4.78 is 4.56. The Bertz CT molecular complexity index is 357. The first-order valence-corrected chi connectivity index (χ1v) is 7.04. The highest BCUT2D eigenvalue weighted by Crippen LogP contribution is 2.07. The maximum atomic E-state index is 11.9. The van der Waals surface area contributed by atoms with Crippen LogP contribution in [0.15, 0.2) is 4.99 Å². The van der Waals surface area contributed by atoms with Gasteiger partial charge in [0.1, 0.15) is 6.54 Å². The second-order valence-corrected chi connectivity index (χ2v) is 4.54. The van der Waals surface area contributed by atoms with Crippen LogP contribution in [0.4, 0.5) is 0 Å². The molecule has 0 aromatic rings. The van der Waals surface area contributed by atoms with E-state index in [2.05, 4.69) is 20.4 Å². The molecule has 0 saturated carbocycles. The molecule has 0 aromatic carbocycles. The molecule has 21 heavy (non-hydrogen) atoms. The molecule has 0 aliphatic carbocycles. The molecule has 1 amide bonds. The van der Waals surface area contributed by atoms with Crippen molar-refractivity contribution in [3.63, 3.8) is 0 Å². The summed E-state index contributed by atoms with van der Waals surface area (Å²) in [5, 5.41) is 6.04. The first kappa shape index (κ1) is 19.9. The van der Waals surface area contributed by atoms with Crippen molar-refractivity contribution >= 4 is 41.8 Å². The molecule has 8 heteroatoms. The summed E-state index contributed by atoms with van der Waals surface area (Å²) in [5.41, 5.74) is 0. The van der Waals surface area contributed by atoms with Gasteiger partial charge in [0.25, 0.3) is 0 Å². The number of carbonyl (C=O) groups excluding carboxylic acids is 2. The quantitative estimate of drug-likeness (QED) is 0.285. The third-order valence-electron chi connectivity index (χ3n) is 3.02. The van der Waals surface area contributed by atoms with E-state index in [0.29, 0.717) is 19.0 Å². The standard InChI is InChI=1S/C13H24N4O3.HI/c1-3-14-13(15-7-6-12(19)20-2)16-10-11(18)17-8-4-5-9-17;/h3-10H2,1-2H3,(H2,14,15,16);1H. The Hall–Kier alpha value is -1.06. The summed E-state index contributed by atoms with van der Waals surface area (Å²) in [6.07, 6.45) is 2.42. The Labute approximate surface area is 142 Å². The number of esters is 1. The molecule has 7 nitrogen and oxygen atoms in total. The van der Waals surface area contributed by atoms with E-state index in [-0.39, 0.29) is 48.8 Å². The van der Waals surface area contributed by atoms with Crippen molar-refractivity contribution in [3.8, 4) is 0 Å². The number of aliphatic imine (C=N–C) groups is 1. The molecule has 1 aliphatic rings. The van der Waals surface area contributed by atoms with Crippen LogP contribution in [0.5, 0.6) is 0 Å². The first-order chi connectivity index (χ1) is 9.67. The lowest BCUT2D eigenvalue weighted by Gasteiger charge is -2.15. The van der Waals surface area contributed by atoms with Crippen LogP contribution in [0, 0.1) is 0 Å². The van der Waals surface area contributed by atoms with Gasteiger partial charge >= 0.3 is 5.97 Å². The zero-order valence-corrected chi connectivity index (χ0v) is 15.0. The van der Waals surface area contributed by atoms with Gasteiger partial charge in [-0.15, -0.1) is 24.0 Å². The molecule has 0 bridgehead atoms. The average molecular weight is 412 g/mol. The van der Waals surface area contributed by atoms with E-state index in [1.807, 2.05) is 11.8 Å². The Morgan fingerprint density at radius 2 is 1.90 bits per heavy atom. The highest BCUT2D eigenvalue weighted by atomic mass is 127. The SMILES string of the molecule is CCNC(=NCC(=O)N1CCCC1)NCCC(=O)OC.I. The molecule has 0 unspecified atom stereocenters. The van der Waals surface area contributed by atoms with Crippen LogP contribution < -0.4 is 10.6 Å². The molecule has 0 aromatic heterocycles. The predicted octanol–water partition coefficient (Wildman–Crippen LogP) is 0.345. The fourth-order valence-corrected chi connectivity index (χ4v) is 1.94. The van der Waals surface area contributed by atoms with Crippen molar-refractivity contribution in [2.75, 3.05) is 39.8 Å². The molecular weight excluding hydrogens is 387 g/mol. The zero-order valence-electron chi connectivity index (χ0n) is 12.7. The number of halogens is 1. The van der Waals surface area contributed by atoms with Crippen LogP contribution in [-0.4, -0.2) is 62.6 Å². The Morgan fingerprint density at radius 1 is 1.24 bits per heavy atom. The van der Waals surface area contributed by atoms with Gasteiger partial charge in [0.05, 0.1) is 13.5 Å². The van der Waals surface area contributed by atoms with Crippen LogP contribution in [-0.2, 0) is 14.3 Å². The number of hydrogen-bond donors (Lipinski definition) is 2. The number of guanidine groups is 1. The predicted molar refractivity (Wildman–Crippen MR) is 91.8 cm³/mol. The number of likely N-dealkylation sites (tertiary alicyclic amines) is 1. The number of amides is 1. The number of hydrogen-bond acceptors (Lipinski definition) is 4. The van der Waals surface area contributed by atoms with Gasteiger partial charge in [0.2, 0.25) is 5.91 Å². The molecule has 1 saturated heterocycles. The van der Waals surface area contributed by atoms with E-state index in [9.17, 15) is 9.59 Å². The van der Waals surface area contributed by atoms with E-state index in [1.165, 1.54) is 7.11 Å². The smallest absolute Gasteiger partial charge is 0.307 e. The molecule has 1 aliphatic heterocycles. The minimum Gasteiger partial charge on any atom is -0.469 e. The molecule has 0 atom stereocenters. The van der Waals surface area contributed by atoms with Gasteiger partial charge in [0, 0.05) is 26.2 Å². The minimum atomic E-state index is -0.276. The van der Waals surface area contributed by atoms with Gasteiger partial charge < -0.3 is 20.3 Å². The van der Waals surface area contributed by atoms with E-state index >= 15 is 0 Å². The largest absolute Gasteiger partial charge is 0.469 e. The van der Waals surface area contributed by atoms with Crippen LogP contribution in [0.1, 0.15) is 26.2 Å². The lowest BCUT2D eigenvalue weighted by atomic mass is 10.4. The summed E-state index contributed by atoms with van der Waals surface area (Å²) in [7, 11) is 1.36. The number of nitrogens with one attached hydrogen (secondary N) is 2.